The van der Waals surface area contributed by atoms with Gasteiger partial charge in [-0.2, -0.15) is 0 Å². The molecule has 1 heterocycles. The summed E-state index contributed by atoms with van der Waals surface area (Å²) in [4.78, 5) is 27.1. The summed E-state index contributed by atoms with van der Waals surface area (Å²) in [7, 11) is 0. The van der Waals surface area contributed by atoms with Crippen LogP contribution in [-0.4, -0.2) is 11.8 Å². The summed E-state index contributed by atoms with van der Waals surface area (Å²) in [6.45, 7) is 2.00. The van der Waals surface area contributed by atoms with Crippen molar-refractivity contribution in [1.82, 2.24) is 0 Å². The third-order valence-corrected chi connectivity index (χ3v) is 5.92. The van der Waals surface area contributed by atoms with Crippen molar-refractivity contribution in [2.24, 2.45) is 17.8 Å². The summed E-state index contributed by atoms with van der Waals surface area (Å²) in [5.74, 6) is 0.813. The summed E-state index contributed by atoms with van der Waals surface area (Å²) >= 11 is 0. The quantitative estimate of drug-likeness (QED) is 0.453. The van der Waals surface area contributed by atoms with Gasteiger partial charge < -0.3 is 4.74 Å². The molecule has 0 N–H and O–H groups in total. The highest BCUT2D eigenvalue weighted by molar-refractivity contribution is 6.22. The lowest BCUT2D eigenvalue weighted by atomic mass is 9.78. The first-order chi connectivity index (χ1) is 14.1. The largest absolute Gasteiger partial charge is 0.457 e. The van der Waals surface area contributed by atoms with Crippen LogP contribution in [0.25, 0.3) is 10.8 Å². The van der Waals surface area contributed by atoms with Gasteiger partial charge in [0.15, 0.2) is 0 Å². The zero-order valence-corrected chi connectivity index (χ0v) is 16.1. The molecule has 0 bridgehead atoms. The van der Waals surface area contributed by atoms with Crippen molar-refractivity contribution < 1.29 is 14.3 Å². The van der Waals surface area contributed by atoms with E-state index in [0.717, 1.165) is 16.5 Å². The monoisotopic (exact) mass is 383 g/mol. The number of fused-ring (bicyclic) bond motifs is 2. The minimum atomic E-state index is -0.249. The average molecular weight is 383 g/mol. The van der Waals surface area contributed by atoms with Gasteiger partial charge in [-0.1, -0.05) is 49.4 Å². The molecule has 1 aliphatic heterocycles. The highest BCUT2D eigenvalue weighted by atomic mass is 16.5. The van der Waals surface area contributed by atoms with Crippen LogP contribution in [0.4, 0.5) is 5.69 Å². The Balaban J connectivity index is 1.37. The number of hydrogen-bond donors (Lipinski definition) is 0. The van der Waals surface area contributed by atoms with Crippen LogP contribution in [0.2, 0.25) is 0 Å². The van der Waals surface area contributed by atoms with E-state index in [-0.39, 0.29) is 29.6 Å². The van der Waals surface area contributed by atoms with Gasteiger partial charge in [-0.3, -0.25) is 14.5 Å². The Hall–Kier alpha value is -3.40. The number of imide groups is 1. The molecule has 4 nitrogen and oxygen atoms in total. The number of hydrogen-bond acceptors (Lipinski definition) is 3. The molecule has 3 atom stereocenters. The molecule has 0 unspecified atom stereocenters. The summed E-state index contributed by atoms with van der Waals surface area (Å²) in [5, 5.41) is 2.27. The number of anilines is 1. The van der Waals surface area contributed by atoms with Gasteiger partial charge in [0.25, 0.3) is 0 Å². The second-order valence-corrected chi connectivity index (χ2v) is 7.77. The van der Waals surface area contributed by atoms with Crippen LogP contribution in [0, 0.1) is 17.8 Å². The van der Waals surface area contributed by atoms with E-state index in [1.165, 1.54) is 4.90 Å². The van der Waals surface area contributed by atoms with E-state index in [2.05, 4.69) is 6.07 Å². The molecule has 0 saturated carbocycles. The summed E-state index contributed by atoms with van der Waals surface area (Å²) < 4.78 is 5.97. The van der Waals surface area contributed by atoms with Gasteiger partial charge in [0.2, 0.25) is 11.8 Å². The fraction of sp³-hybridized carbons (Fsp3) is 0.200. The molecule has 1 aliphatic carbocycles. The number of carbonyl (C=O) groups is 2. The number of carbonyl (C=O) groups excluding carboxylic acids is 2. The van der Waals surface area contributed by atoms with Crippen LogP contribution in [0.5, 0.6) is 11.5 Å². The van der Waals surface area contributed by atoms with E-state index in [1.54, 1.807) is 24.3 Å². The van der Waals surface area contributed by atoms with Gasteiger partial charge in [-0.15, -0.1) is 0 Å². The Morgan fingerprint density at radius 1 is 0.862 bits per heavy atom. The first-order valence-corrected chi connectivity index (χ1v) is 9.93. The third kappa shape index (κ3) is 3.01. The van der Waals surface area contributed by atoms with Crippen LogP contribution < -0.4 is 9.64 Å². The molecule has 5 rings (SSSR count). The minimum Gasteiger partial charge on any atom is -0.457 e. The minimum absolute atomic E-state index is 0.0886. The van der Waals surface area contributed by atoms with Crippen LogP contribution in [0.1, 0.15) is 13.3 Å². The van der Waals surface area contributed by atoms with Crippen molar-refractivity contribution in [3.05, 3.63) is 78.9 Å². The Kier molecular flexibility index (Phi) is 4.20. The van der Waals surface area contributed by atoms with Crippen molar-refractivity contribution in [1.29, 1.82) is 0 Å². The maximum Gasteiger partial charge on any atom is 0.238 e. The predicted octanol–water partition coefficient (Wildman–Crippen LogP) is 5.33. The van der Waals surface area contributed by atoms with Crippen molar-refractivity contribution in [2.45, 2.75) is 13.3 Å². The predicted molar refractivity (Wildman–Crippen MR) is 113 cm³/mol. The van der Waals surface area contributed by atoms with Crippen LogP contribution >= 0.6 is 0 Å². The molecule has 0 radical (unpaired) electrons. The number of rotatable bonds is 3. The van der Waals surface area contributed by atoms with Crippen LogP contribution in [-0.2, 0) is 9.59 Å². The van der Waals surface area contributed by atoms with Gasteiger partial charge in [-0.25, -0.2) is 0 Å². The molecule has 0 aromatic heterocycles. The fourth-order valence-corrected chi connectivity index (χ4v) is 4.43. The van der Waals surface area contributed by atoms with Gasteiger partial charge in [0.05, 0.1) is 17.5 Å². The summed E-state index contributed by atoms with van der Waals surface area (Å²) in [6.07, 6.45) is 4.69. The molecular formula is C25H21NO3. The first kappa shape index (κ1) is 17.7. The third-order valence-electron chi connectivity index (χ3n) is 5.92. The zero-order chi connectivity index (χ0) is 20.0. The number of amides is 2. The van der Waals surface area contributed by atoms with E-state index < -0.39 is 0 Å². The SMILES string of the molecule is C[C@@H]1C=CC[C@@H]2C(=O)N(c3ccc(Oc4ccc5ccccc5c4)cc3)C(=O)[C@H]12. The van der Waals surface area contributed by atoms with Crippen LogP contribution in [0.15, 0.2) is 78.9 Å². The summed E-state index contributed by atoms with van der Waals surface area (Å²) in [5.41, 5.74) is 0.604. The first-order valence-electron chi connectivity index (χ1n) is 9.93. The lowest BCUT2D eigenvalue weighted by Crippen LogP contribution is -2.31. The van der Waals surface area contributed by atoms with Gasteiger partial charge >= 0.3 is 0 Å². The molecule has 3 aromatic carbocycles. The van der Waals surface area contributed by atoms with E-state index in [1.807, 2.05) is 55.5 Å². The van der Waals surface area contributed by atoms with E-state index in [0.29, 0.717) is 17.9 Å². The number of allylic oxidation sites excluding steroid dienone is 2. The standard InChI is InChI=1S/C25H21NO3/c1-16-5-4-8-22-23(16)25(28)26(24(22)27)19-10-13-20(14-11-19)29-21-12-9-17-6-2-3-7-18(17)15-21/h2-7,9-16,22-23H,8H2,1H3/t16-,22+,23-/m1/s1. The molecule has 0 spiro atoms. The molecule has 3 aromatic rings. The van der Waals surface area contributed by atoms with Gasteiger partial charge in [0.1, 0.15) is 11.5 Å². The maximum atomic E-state index is 12.9. The number of nitrogens with zero attached hydrogens (tertiary/aromatic N) is 1. The molecule has 1 saturated heterocycles. The molecule has 29 heavy (non-hydrogen) atoms. The lowest BCUT2D eigenvalue weighted by Gasteiger charge is -2.22. The second kappa shape index (κ2) is 6.89. The normalized spacial score (nSPS) is 23.5. The molecule has 2 amide bonds. The Bertz CT molecular complexity index is 1130. The number of ether oxygens (including phenoxy) is 1. The highest BCUT2D eigenvalue weighted by Crippen LogP contribution is 2.40. The van der Waals surface area contributed by atoms with Gasteiger partial charge in [-0.05, 0) is 59.5 Å². The van der Waals surface area contributed by atoms with Crippen LogP contribution in [0.3, 0.4) is 0 Å². The van der Waals surface area contributed by atoms with Gasteiger partial charge in [0, 0.05) is 0 Å². The lowest BCUT2D eigenvalue weighted by molar-refractivity contribution is -0.122. The van der Waals surface area contributed by atoms with Crippen molar-refractivity contribution in [3.63, 3.8) is 0 Å². The topological polar surface area (TPSA) is 46.6 Å². The van der Waals surface area contributed by atoms with Crippen molar-refractivity contribution >= 4 is 28.3 Å². The Labute approximate surface area is 169 Å². The van der Waals surface area contributed by atoms with Crippen molar-refractivity contribution in [3.8, 4) is 11.5 Å². The highest BCUT2D eigenvalue weighted by Gasteiger charge is 2.50. The van der Waals surface area contributed by atoms with E-state index >= 15 is 0 Å². The summed E-state index contributed by atoms with van der Waals surface area (Å²) in [6, 6.07) is 21.2. The van der Waals surface area contributed by atoms with Crippen molar-refractivity contribution in [2.75, 3.05) is 4.90 Å². The van der Waals surface area contributed by atoms with E-state index in [9.17, 15) is 9.59 Å². The fourth-order valence-electron chi connectivity index (χ4n) is 4.43. The van der Waals surface area contributed by atoms with E-state index in [4.69, 9.17) is 4.74 Å². The molecular weight excluding hydrogens is 362 g/mol. The molecule has 1 fully saturated rings. The second-order valence-electron chi connectivity index (χ2n) is 7.77. The smallest absolute Gasteiger partial charge is 0.238 e. The number of benzene rings is 3. The Morgan fingerprint density at radius 2 is 1.59 bits per heavy atom. The maximum absolute atomic E-state index is 12.9. The molecule has 4 heteroatoms. The zero-order valence-electron chi connectivity index (χ0n) is 16.1. The average Bonchev–Trinajstić information content (AvgIpc) is 3.00. The Morgan fingerprint density at radius 3 is 2.34 bits per heavy atom. The molecule has 144 valence electrons. The molecule has 2 aliphatic rings.